The summed E-state index contributed by atoms with van der Waals surface area (Å²) in [6.07, 6.45) is 0.439. The van der Waals surface area contributed by atoms with Gasteiger partial charge in [-0.15, -0.1) is 0 Å². The maximum absolute atomic E-state index is 11.2. The minimum atomic E-state index is -0.346. The molecule has 6 heteroatoms. The van der Waals surface area contributed by atoms with Gasteiger partial charge in [-0.05, 0) is 7.05 Å². The zero-order chi connectivity index (χ0) is 11.0. The predicted molar refractivity (Wildman–Crippen MR) is 51.3 cm³/mol. The van der Waals surface area contributed by atoms with Gasteiger partial charge in [-0.2, -0.15) is 0 Å². The van der Waals surface area contributed by atoms with E-state index in [1.54, 1.807) is 14.0 Å². The Hall–Kier alpha value is -0.980. The van der Waals surface area contributed by atoms with Gasteiger partial charge in [0.2, 0.25) is 5.91 Å². The fraction of sp³-hybridized carbons (Fsp3) is 0.750. The van der Waals surface area contributed by atoms with Crippen LogP contribution in [0.5, 0.6) is 0 Å². The average molecular weight is 203 g/mol. The summed E-state index contributed by atoms with van der Waals surface area (Å²) < 4.78 is 0. The molecule has 0 fully saturated rings. The van der Waals surface area contributed by atoms with Crippen LogP contribution in [0.15, 0.2) is 0 Å². The van der Waals surface area contributed by atoms with E-state index in [2.05, 4.69) is 15.5 Å². The highest BCUT2D eigenvalue weighted by Crippen LogP contribution is 1.89. The van der Waals surface area contributed by atoms with Crippen LogP contribution in [0.25, 0.3) is 0 Å². The molecule has 1 atom stereocenters. The first-order valence-corrected chi connectivity index (χ1v) is 4.44. The van der Waals surface area contributed by atoms with Crippen molar-refractivity contribution in [2.45, 2.75) is 19.4 Å². The molecular weight excluding hydrogens is 186 g/mol. The topological polar surface area (TPSA) is 93.5 Å². The third kappa shape index (κ3) is 4.90. The van der Waals surface area contributed by atoms with Crippen molar-refractivity contribution in [1.29, 1.82) is 0 Å². The van der Waals surface area contributed by atoms with Crippen molar-refractivity contribution < 1.29 is 14.4 Å². The van der Waals surface area contributed by atoms with Crippen LogP contribution in [0.1, 0.15) is 13.3 Å². The molecule has 0 aromatic heterocycles. The Labute approximate surface area is 83.1 Å². The number of hydrogen-bond donors (Lipinski definition) is 3. The Morgan fingerprint density at radius 2 is 2.14 bits per heavy atom. The minimum absolute atomic E-state index is 0.0569. The van der Waals surface area contributed by atoms with Gasteiger partial charge >= 0.3 is 0 Å². The first-order valence-electron chi connectivity index (χ1n) is 4.44. The maximum atomic E-state index is 11.2. The van der Waals surface area contributed by atoms with E-state index >= 15 is 0 Å². The van der Waals surface area contributed by atoms with Crippen molar-refractivity contribution >= 4 is 11.7 Å². The number of Topliss-reactive ketones (excluding diaryl/α,β-unsaturated/α-hetero) is 1. The summed E-state index contributed by atoms with van der Waals surface area (Å²) in [7, 11) is 1.67. The number of nitrogens with two attached hydrogens (primary N) is 1. The first kappa shape index (κ1) is 13.0. The fourth-order valence-corrected chi connectivity index (χ4v) is 0.966. The molecule has 82 valence electrons. The first-order chi connectivity index (χ1) is 6.65. The molecule has 0 bridgehead atoms. The van der Waals surface area contributed by atoms with Crippen LogP contribution in [0.3, 0.4) is 0 Å². The Bertz CT molecular complexity index is 196. The van der Waals surface area contributed by atoms with Crippen molar-refractivity contribution in [3.8, 4) is 0 Å². The predicted octanol–water partition coefficient (Wildman–Crippen LogP) is -1.44. The molecule has 0 spiro atoms. The van der Waals surface area contributed by atoms with E-state index in [-0.39, 0.29) is 30.9 Å². The lowest BCUT2D eigenvalue weighted by Crippen LogP contribution is -2.45. The molecule has 0 radical (unpaired) electrons. The summed E-state index contributed by atoms with van der Waals surface area (Å²) in [6, 6.07) is -0.346. The average Bonchev–Trinajstić information content (AvgIpc) is 2.18. The van der Waals surface area contributed by atoms with E-state index in [0.717, 1.165) is 0 Å². The van der Waals surface area contributed by atoms with E-state index in [0.29, 0.717) is 6.42 Å². The molecule has 0 aromatic rings. The zero-order valence-corrected chi connectivity index (χ0v) is 8.50. The van der Waals surface area contributed by atoms with E-state index in [1.165, 1.54) is 0 Å². The van der Waals surface area contributed by atoms with Crippen LogP contribution in [0, 0.1) is 0 Å². The number of likely N-dealkylation sites (N-methyl/N-ethyl adjacent to an activating group) is 1. The second-order valence-electron chi connectivity index (χ2n) is 2.78. The number of carbonyl (C=O) groups excluding carboxylic acids is 2. The summed E-state index contributed by atoms with van der Waals surface area (Å²) >= 11 is 0. The Kier molecular flexibility index (Phi) is 6.91. The molecule has 6 nitrogen and oxygen atoms in total. The van der Waals surface area contributed by atoms with Crippen molar-refractivity contribution in [2.24, 2.45) is 5.90 Å². The van der Waals surface area contributed by atoms with Gasteiger partial charge in [0.25, 0.3) is 0 Å². The molecule has 0 aliphatic rings. The Morgan fingerprint density at radius 3 is 2.57 bits per heavy atom. The fourth-order valence-electron chi connectivity index (χ4n) is 0.966. The Balaban J connectivity index is 3.83. The minimum Gasteiger partial charge on any atom is -0.352 e. The van der Waals surface area contributed by atoms with Gasteiger partial charge in [0.05, 0.1) is 6.04 Å². The maximum Gasteiger partial charge on any atom is 0.248 e. The van der Waals surface area contributed by atoms with Crippen LogP contribution in [-0.4, -0.2) is 37.9 Å². The number of hydrogen-bond acceptors (Lipinski definition) is 5. The molecule has 4 N–H and O–H groups in total. The normalized spacial score (nSPS) is 12.2. The van der Waals surface area contributed by atoms with Gasteiger partial charge in [0.1, 0.15) is 6.61 Å². The third-order valence-electron chi connectivity index (χ3n) is 1.80. The van der Waals surface area contributed by atoms with Crippen LogP contribution >= 0.6 is 0 Å². The molecule has 0 rings (SSSR count). The lowest BCUT2D eigenvalue weighted by molar-refractivity contribution is -0.126. The highest BCUT2D eigenvalue weighted by molar-refractivity contribution is 5.85. The van der Waals surface area contributed by atoms with Crippen LogP contribution in [-0.2, 0) is 14.4 Å². The summed E-state index contributed by atoms with van der Waals surface area (Å²) in [5.41, 5.74) is 0. The second-order valence-corrected chi connectivity index (χ2v) is 2.78. The summed E-state index contributed by atoms with van der Waals surface area (Å²) in [6.45, 7) is 1.83. The highest BCUT2D eigenvalue weighted by Gasteiger charge is 2.14. The van der Waals surface area contributed by atoms with Crippen molar-refractivity contribution in [3.63, 3.8) is 0 Å². The lowest BCUT2D eigenvalue weighted by atomic mass is 10.1. The molecule has 0 aliphatic heterocycles. The number of nitrogens with one attached hydrogen (secondary N) is 2. The molecular formula is C8H17N3O3. The number of amides is 1. The Morgan fingerprint density at radius 1 is 1.50 bits per heavy atom. The van der Waals surface area contributed by atoms with Gasteiger partial charge < -0.3 is 10.6 Å². The quantitative estimate of drug-likeness (QED) is 0.441. The second kappa shape index (κ2) is 7.43. The zero-order valence-electron chi connectivity index (χ0n) is 8.50. The van der Waals surface area contributed by atoms with E-state index in [4.69, 9.17) is 5.90 Å². The lowest BCUT2D eigenvalue weighted by Gasteiger charge is -2.14. The molecule has 0 saturated heterocycles. The van der Waals surface area contributed by atoms with Gasteiger partial charge in [0.15, 0.2) is 5.78 Å². The molecule has 0 saturated carbocycles. The molecule has 1 amide bonds. The van der Waals surface area contributed by atoms with Gasteiger partial charge in [-0.1, -0.05) is 6.92 Å². The number of rotatable bonds is 7. The van der Waals surface area contributed by atoms with Crippen LogP contribution in [0.2, 0.25) is 0 Å². The van der Waals surface area contributed by atoms with E-state index in [1.807, 2.05) is 0 Å². The monoisotopic (exact) mass is 203 g/mol. The SMILES string of the molecule is CCC(=O)C(CNC(=O)CON)NC. The summed E-state index contributed by atoms with van der Waals surface area (Å²) in [5.74, 6) is 4.43. The summed E-state index contributed by atoms with van der Waals surface area (Å²) in [4.78, 5) is 26.3. The molecule has 1 unspecified atom stereocenters. The molecule has 14 heavy (non-hydrogen) atoms. The van der Waals surface area contributed by atoms with Crippen LogP contribution in [0.4, 0.5) is 0 Å². The highest BCUT2D eigenvalue weighted by atomic mass is 16.6. The standard InChI is InChI=1S/C8H17N3O3/c1-3-7(12)6(10-2)4-11-8(13)5-14-9/h6,10H,3-5,9H2,1-2H3,(H,11,13). The smallest absolute Gasteiger partial charge is 0.248 e. The van der Waals surface area contributed by atoms with Crippen molar-refractivity contribution in [2.75, 3.05) is 20.2 Å². The van der Waals surface area contributed by atoms with Gasteiger partial charge in [-0.3, -0.25) is 14.4 Å². The van der Waals surface area contributed by atoms with E-state index in [9.17, 15) is 9.59 Å². The molecule has 0 aromatic carbocycles. The van der Waals surface area contributed by atoms with Crippen LogP contribution < -0.4 is 16.5 Å². The van der Waals surface area contributed by atoms with Gasteiger partial charge in [-0.25, -0.2) is 5.90 Å². The molecule has 0 aliphatic carbocycles. The number of carbonyl (C=O) groups is 2. The van der Waals surface area contributed by atoms with E-state index < -0.39 is 0 Å². The summed E-state index contributed by atoms with van der Waals surface area (Å²) in [5, 5.41) is 5.34. The molecule has 0 heterocycles. The van der Waals surface area contributed by atoms with Crippen molar-refractivity contribution in [3.05, 3.63) is 0 Å². The van der Waals surface area contributed by atoms with Crippen molar-refractivity contribution in [1.82, 2.24) is 10.6 Å². The third-order valence-corrected chi connectivity index (χ3v) is 1.80. The van der Waals surface area contributed by atoms with Gasteiger partial charge in [0, 0.05) is 13.0 Å². The largest absolute Gasteiger partial charge is 0.352 e. The number of ketones is 1.